The molecule has 2 amide bonds. The summed E-state index contributed by atoms with van der Waals surface area (Å²) in [4.78, 5) is 14.3. The minimum atomic E-state index is -0.00396. The highest BCUT2D eigenvalue weighted by Gasteiger charge is 2.27. The van der Waals surface area contributed by atoms with Gasteiger partial charge in [-0.2, -0.15) is 0 Å². The van der Waals surface area contributed by atoms with Crippen LogP contribution in [-0.4, -0.2) is 43.4 Å². The molecule has 3 heterocycles. The van der Waals surface area contributed by atoms with Crippen LogP contribution >= 0.6 is 0 Å². The summed E-state index contributed by atoms with van der Waals surface area (Å²) >= 11 is 0. The van der Waals surface area contributed by atoms with E-state index in [1.165, 1.54) is 5.69 Å². The summed E-state index contributed by atoms with van der Waals surface area (Å²) in [5.41, 5.74) is 2.30. The van der Waals surface area contributed by atoms with Crippen molar-refractivity contribution in [2.24, 2.45) is 14.1 Å². The fourth-order valence-corrected chi connectivity index (χ4v) is 3.16. The number of aryl methyl sites for hydroxylation is 2. The van der Waals surface area contributed by atoms with Crippen LogP contribution in [0.15, 0.2) is 18.5 Å². The second-order valence-electron chi connectivity index (χ2n) is 6.27. The SMILES string of the molecule is Cc1ccc(CNC(=O)N2CCC[C@@H](c3nncn3C)C2)n1C. The van der Waals surface area contributed by atoms with E-state index < -0.39 is 0 Å². The molecule has 1 saturated heterocycles. The van der Waals surface area contributed by atoms with Crippen LogP contribution in [-0.2, 0) is 20.6 Å². The van der Waals surface area contributed by atoms with Crippen molar-refractivity contribution in [2.45, 2.75) is 32.2 Å². The van der Waals surface area contributed by atoms with E-state index >= 15 is 0 Å². The molecular formula is C16H24N6O. The molecule has 23 heavy (non-hydrogen) atoms. The van der Waals surface area contributed by atoms with Gasteiger partial charge in [-0.3, -0.25) is 0 Å². The van der Waals surface area contributed by atoms with E-state index in [-0.39, 0.29) is 11.9 Å². The van der Waals surface area contributed by atoms with Crippen molar-refractivity contribution in [2.75, 3.05) is 13.1 Å². The first kappa shape index (κ1) is 15.6. The van der Waals surface area contributed by atoms with Gasteiger partial charge in [0.25, 0.3) is 0 Å². The monoisotopic (exact) mass is 316 g/mol. The smallest absolute Gasteiger partial charge is 0.317 e. The van der Waals surface area contributed by atoms with Crippen molar-refractivity contribution in [3.63, 3.8) is 0 Å². The Hall–Kier alpha value is -2.31. The molecule has 7 heteroatoms. The molecule has 0 spiro atoms. The number of carbonyl (C=O) groups excluding carboxylic acids is 1. The van der Waals surface area contributed by atoms with E-state index in [4.69, 9.17) is 0 Å². The largest absolute Gasteiger partial charge is 0.350 e. The molecular weight excluding hydrogens is 292 g/mol. The number of carbonyl (C=O) groups is 1. The summed E-state index contributed by atoms with van der Waals surface area (Å²) in [5.74, 6) is 1.22. The number of nitrogens with one attached hydrogen (secondary N) is 1. The van der Waals surface area contributed by atoms with Crippen LogP contribution in [0, 0.1) is 6.92 Å². The normalized spacial score (nSPS) is 18.2. The van der Waals surface area contributed by atoms with Gasteiger partial charge in [-0.1, -0.05) is 0 Å². The highest BCUT2D eigenvalue weighted by atomic mass is 16.2. The molecule has 0 aliphatic carbocycles. The summed E-state index contributed by atoms with van der Waals surface area (Å²) in [5, 5.41) is 11.2. The van der Waals surface area contributed by atoms with Gasteiger partial charge in [0, 0.05) is 44.5 Å². The molecule has 3 rings (SSSR count). The average Bonchev–Trinajstić information content (AvgIpc) is 3.12. The average molecular weight is 316 g/mol. The number of hydrogen-bond acceptors (Lipinski definition) is 3. The summed E-state index contributed by atoms with van der Waals surface area (Å²) in [6.07, 6.45) is 3.76. The fraction of sp³-hybridized carbons (Fsp3) is 0.562. The third-order valence-corrected chi connectivity index (χ3v) is 4.72. The van der Waals surface area contributed by atoms with Gasteiger partial charge in [0.2, 0.25) is 0 Å². The molecule has 1 aliphatic rings. The molecule has 124 valence electrons. The predicted octanol–water partition coefficient (Wildman–Crippen LogP) is 1.55. The summed E-state index contributed by atoms with van der Waals surface area (Å²) in [6.45, 7) is 4.10. The molecule has 1 N–H and O–H groups in total. The Bertz CT molecular complexity index is 689. The quantitative estimate of drug-likeness (QED) is 0.934. The number of likely N-dealkylation sites (tertiary alicyclic amines) is 1. The molecule has 7 nitrogen and oxygen atoms in total. The second kappa shape index (κ2) is 6.44. The first-order valence-electron chi connectivity index (χ1n) is 8.04. The third kappa shape index (κ3) is 3.23. The molecule has 0 unspecified atom stereocenters. The van der Waals surface area contributed by atoms with Crippen molar-refractivity contribution in [1.29, 1.82) is 0 Å². The lowest BCUT2D eigenvalue weighted by molar-refractivity contribution is 0.177. The molecule has 0 aromatic carbocycles. The Morgan fingerprint density at radius 1 is 1.39 bits per heavy atom. The summed E-state index contributed by atoms with van der Waals surface area (Å²) in [6, 6.07) is 4.11. The van der Waals surface area contributed by atoms with E-state index in [9.17, 15) is 4.79 Å². The van der Waals surface area contributed by atoms with Crippen LogP contribution < -0.4 is 5.32 Å². The van der Waals surface area contributed by atoms with Crippen LogP contribution in [0.1, 0.15) is 36.0 Å². The molecule has 1 atom stereocenters. The van der Waals surface area contributed by atoms with Gasteiger partial charge in [-0.05, 0) is 31.9 Å². The minimum absolute atomic E-state index is 0.00396. The Balaban J connectivity index is 1.59. The van der Waals surface area contributed by atoms with Gasteiger partial charge >= 0.3 is 6.03 Å². The molecule has 0 saturated carbocycles. The number of hydrogen-bond donors (Lipinski definition) is 1. The zero-order chi connectivity index (χ0) is 16.4. The number of rotatable bonds is 3. The standard InChI is InChI=1S/C16H24N6O/c1-12-6-7-14(21(12)3)9-17-16(23)22-8-4-5-13(10-22)15-19-18-11-20(15)2/h6-7,11,13H,4-5,8-10H2,1-3H3,(H,17,23)/t13-/m1/s1. The van der Waals surface area contributed by atoms with E-state index in [1.54, 1.807) is 6.33 Å². The lowest BCUT2D eigenvalue weighted by Crippen LogP contribution is -2.45. The zero-order valence-corrected chi connectivity index (χ0v) is 14.0. The van der Waals surface area contributed by atoms with Crippen LogP contribution in [0.4, 0.5) is 4.79 Å². The Labute approximate surface area is 136 Å². The van der Waals surface area contributed by atoms with Crippen molar-refractivity contribution >= 4 is 6.03 Å². The van der Waals surface area contributed by atoms with Crippen molar-refractivity contribution < 1.29 is 4.79 Å². The van der Waals surface area contributed by atoms with Gasteiger partial charge in [-0.25, -0.2) is 4.79 Å². The van der Waals surface area contributed by atoms with Gasteiger partial charge in [-0.15, -0.1) is 10.2 Å². The predicted molar refractivity (Wildman–Crippen MR) is 86.9 cm³/mol. The van der Waals surface area contributed by atoms with E-state index in [0.717, 1.165) is 30.9 Å². The van der Waals surface area contributed by atoms with E-state index in [2.05, 4.69) is 33.1 Å². The zero-order valence-electron chi connectivity index (χ0n) is 14.0. The highest BCUT2D eigenvalue weighted by molar-refractivity contribution is 5.74. The Kier molecular flexibility index (Phi) is 4.36. The highest BCUT2D eigenvalue weighted by Crippen LogP contribution is 2.24. The second-order valence-corrected chi connectivity index (χ2v) is 6.27. The number of urea groups is 1. The molecule has 2 aromatic rings. The first-order chi connectivity index (χ1) is 11.1. The fourth-order valence-electron chi connectivity index (χ4n) is 3.16. The van der Waals surface area contributed by atoms with Gasteiger partial charge in [0.15, 0.2) is 0 Å². The lowest BCUT2D eigenvalue weighted by Gasteiger charge is -2.32. The topological polar surface area (TPSA) is 68.0 Å². The van der Waals surface area contributed by atoms with Gasteiger partial charge in [0.1, 0.15) is 12.2 Å². The summed E-state index contributed by atoms with van der Waals surface area (Å²) < 4.78 is 4.04. The number of nitrogens with zero attached hydrogens (tertiary/aromatic N) is 5. The molecule has 2 aromatic heterocycles. The number of amides is 2. The number of piperidine rings is 1. The maximum atomic E-state index is 12.5. The van der Waals surface area contributed by atoms with Gasteiger partial charge in [0.05, 0.1) is 6.54 Å². The van der Waals surface area contributed by atoms with Crippen LogP contribution in [0.25, 0.3) is 0 Å². The van der Waals surface area contributed by atoms with Crippen LogP contribution in [0.3, 0.4) is 0 Å². The summed E-state index contributed by atoms with van der Waals surface area (Å²) in [7, 11) is 3.97. The molecule has 0 radical (unpaired) electrons. The molecule has 1 aliphatic heterocycles. The van der Waals surface area contributed by atoms with Crippen LogP contribution in [0.2, 0.25) is 0 Å². The van der Waals surface area contributed by atoms with Crippen LogP contribution in [0.5, 0.6) is 0 Å². The first-order valence-corrected chi connectivity index (χ1v) is 8.04. The van der Waals surface area contributed by atoms with E-state index in [1.807, 2.05) is 29.6 Å². The molecule has 1 fully saturated rings. The third-order valence-electron chi connectivity index (χ3n) is 4.72. The van der Waals surface area contributed by atoms with Gasteiger partial charge < -0.3 is 19.4 Å². The maximum Gasteiger partial charge on any atom is 0.317 e. The van der Waals surface area contributed by atoms with Crippen molar-refractivity contribution in [3.8, 4) is 0 Å². The minimum Gasteiger partial charge on any atom is -0.350 e. The Morgan fingerprint density at radius 2 is 2.22 bits per heavy atom. The Morgan fingerprint density at radius 3 is 2.87 bits per heavy atom. The lowest BCUT2D eigenvalue weighted by atomic mass is 9.97. The van der Waals surface area contributed by atoms with Crippen molar-refractivity contribution in [3.05, 3.63) is 35.7 Å². The van der Waals surface area contributed by atoms with E-state index in [0.29, 0.717) is 13.1 Å². The van der Waals surface area contributed by atoms with Crippen molar-refractivity contribution in [1.82, 2.24) is 29.5 Å². The molecule has 0 bridgehead atoms. The number of aromatic nitrogens is 4. The maximum absolute atomic E-state index is 12.5.